The number of benzene rings is 1. The monoisotopic (exact) mass is 248 g/mol. The number of halogens is 1. The molecule has 2 rings (SSSR count). The van der Waals surface area contributed by atoms with Crippen LogP contribution in [0.2, 0.25) is 5.02 Å². The lowest BCUT2D eigenvalue weighted by Crippen LogP contribution is -2.27. The molecule has 3 heteroatoms. The van der Waals surface area contributed by atoms with E-state index in [1.54, 1.807) is 6.07 Å². The summed E-state index contributed by atoms with van der Waals surface area (Å²) in [5.74, 6) is 0. The van der Waals surface area contributed by atoms with E-state index in [1.165, 1.54) is 32.1 Å². The molecule has 0 radical (unpaired) electrons. The molecule has 0 aromatic heterocycles. The Balaban J connectivity index is 2.22. The SMILES string of the molecule is N#Cc1cc(Cl)ccc1N1CCCCCCC1. The molecule has 0 unspecified atom stereocenters. The minimum atomic E-state index is 0.636. The van der Waals surface area contributed by atoms with Crippen LogP contribution in [0.3, 0.4) is 0 Å². The summed E-state index contributed by atoms with van der Waals surface area (Å²) < 4.78 is 0. The van der Waals surface area contributed by atoms with Crippen molar-refractivity contribution in [2.24, 2.45) is 0 Å². The van der Waals surface area contributed by atoms with Gasteiger partial charge in [0, 0.05) is 18.1 Å². The van der Waals surface area contributed by atoms with Gasteiger partial charge in [-0.2, -0.15) is 5.26 Å². The summed E-state index contributed by atoms with van der Waals surface area (Å²) in [6.07, 6.45) is 6.37. The van der Waals surface area contributed by atoms with Crippen LogP contribution in [0.15, 0.2) is 18.2 Å². The third kappa shape index (κ3) is 3.14. The van der Waals surface area contributed by atoms with E-state index in [0.29, 0.717) is 10.6 Å². The van der Waals surface area contributed by atoms with Crippen LogP contribution in [0.1, 0.15) is 37.7 Å². The standard InChI is InChI=1S/C14H17ClN2/c15-13-6-7-14(12(10-13)11-16)17-8-4-2-1-3-5-9-17/h6-7,10H,1-5,8-9H2. The fourth-order valence-corrected chi connectivity index (χ4v) is 2.53. The third-order valence-electron chi connectivity index (χ3n) is 3.28. The highest BCUT2D eigenvalue weighted by Gasteiger charge is 2.12. The zero-order valence-corrected chi connectivity index (χ0v) is 10.7. The maximum absolute atomic E-state index is 9.16. The molecule has 17 heavy (non-hydrogen) atoms. The first kappa shape index (κ1) is 12.3. The largest absolute Gasteiger partial charge is 0.370 e. The second-order valence-electron chi connectivity index (χ2n) is 4.53. The highest BCUT2D eigenvalue weighted by atomic mass is 35.5. The van der Waals surface area contributed by atoms with E-state index in [4.69, 9.17) is 16.9 Å². The van der Waals surface area contributed by atoms with Crippen molar-refractivity contribution in [1.29, 1.82) is 5.26 Å². The van der Waals surface area contributed by atoms with Crippen molar-refractivity contribution in [3.8, 4) is 6.07 Å². The molecule has 1 saturated heterocycles. The molecule has 90 valence electrons. The summed E-state index contributed by atoms with van der Waals surface area (Å²) >= 11 is 5.92. The molecule has 1 aliphatic rings. The van der Waals surface area contributed by atoms with E-state index in [9.17, 15) is 0 Å². The van der Waals surface area contributed by atoms with Gasteiger partial charge < -0.3 is 4.90 Å². The average molecular weight is 249 g/mol. The van der Waals surface area contributed by atoms with Crippen molar-refractivity contribution in [2.45, 2.75) is 32.1 Å². The van der Waals surface area contributed by atoms with E-state index in [1.807, 2.05) is 12.1 Å². The van der Waals surface area contributed by atoms with E-state index in [-0.39, 0.29) is 0 Å². The molecular formula is C14H17ClN2. The van der Waals surface area contributed by atoms with Gasteiger partial charge in [0.1, 0.15) is 6.07 Å². The Bertz CT molecular complexity index is 415. The lowest BCUT2D eigenvalue weighted by Gasteiger charge is -2.27. The summed E-state index contributed by atoms with van der Waals surface area (Å²) in [6, 6.07) is 7.85. The molecule has 1 aromatic carbocycles. The van der Waals surface area contributed by atoms with E-state index in [2.05, 4.69) is 11.0 Å². The third-order valence-corrected chi connectivity index (χ3v) is 3.51. The summed E-state index contributed by atoms with van der Waals surface area (Å²) in [7, 11) is 0. The number of hydrogen-bond acceptors (Lipinski definition) is 2. The van der Waals surface area contributed by atoms with Crippen LogP contribution in [0.5, 0.6) is 0 Å². The van der Waals surface area contributed by atoms with Gasteiger partial charge in [-0.1, -0.05) is 30.9 Å². The molecule has 1 aromatic rings. The number of nitriles is 1. The summed E-state index contributed by atoms with van der Waals surface area (Å²) in [4.78, 5) is 2.33. The van der Waals surface area contributed by atoms with Gasteiger partial charge in [-0.15, -0.1) is 0 Å². The lowest BCUT2D eigenvalue weighted by atomic mass is 10.1. The maximum Gasteiger partial charge on any atom is 0.101 e. The van der Waals surface area contributed by atoms with Crippen molar-refractivity contribution < 1.29 is 0 Å². The van der Waals surface area contributed by atoms with Gasteiger partial charge >= 0.3 is 0 Å². The molecule has 0 saturated carbocycles. The number of rotatable bonds is 1. The van der Waals surface area contributed by atoms with Gasteiger partial charge in [-0.25, -0.2) is 0 Å². The van der Waals surface area contributed by atoms with Crippen LogP contribution >= 0.6 is 11.6 Å². The molecule has 0 aliphatic carbocycles. The minimum absolute atomic E-state index is 0.636. The Labute approximate surface area is 108 Å². The topological polar surface area (TPSA) is 27.0 Å². The van der Waals surface area contributed by atoms with Gasteiger partial charge in [0.15, 0.2) is 0 Å². The first-order chi connectivity index (χ1) is 8.31. The zero-order chi connectivity index (χ0) is 12.1. The van der Waals surface area contributed by atoms with Gasteiger partial charge in [0.25, 0.3) is 0 Å². The van der Waals surface area contributed by atoms with Crippen LogP contribution in [0, 0.1) is 11.3 Å². The summed E-state index contributed by atoms with van der Waals surface area (Å²) in [5.41, 5.74) is 1.73. The smallest absolute Gasteiger partial charge is 0.101 e. The molecule has 0 bridgehead atoms. The average Bonchev–Trinajstić information content (AvgIpc) is 2.29. The first-order valence-corrected chi connectivity index (χ1v) is 6.63. The van der Waals surface area contributed by atoms with Crippen LogP contribution in [-0.4, -0.2) is 13.1 Å². The molecule has 2 nitrogen and oxygen atoms in total. The van der Waals surface area contributed by atoms with Crippen molar-refractivity contribution in [3.05, 3.63) is 28.8 Å². The fraction of sp³-hybridized carbons (Fsp3) is 0.500. The Morgan fingerprint density at radius 2 is 1.71 bits per heavy atom. The Morgan fingerprint density at radius 3 is 2.35 bits per heavy atom. The number of anilines is 1. The van der Waals surface area contributed by atoms with Gasteiger partial charge in [-0.05, 0) is 31.0 Å². The van der Waals surface area contributed by atoms with Crippen LogP contribution in [0.25, 0.3) is 0 Å². The molecule has 1 fully saturated rings. The quantitative estimate of drug-likeness (QED) is 0.752. The van der Waals surface area contributed by atoms with Crippen molar-refractivity contribution in [1.82, 2.24) is 0 Å². The highest BCUT2D eigenvalue weighted by Crippen LogP contribution is 2.25. The van der Waals surface area contributed by atoms with Gasteiger partial charge in [0.05, 0.1) is 11.3 Å². The Morgan fingerprint density at radius 1 is 1.06 bits per heavy atom. The van der Waals surface area contributed by atoms with Crippen LogP contribution in [-0.2, 0) is 0 Å². The van der Waals surface area contributed by atoms with Gasteiger partial charge in [-0.3, -0.25) is 0 Å². The minimum Gasteiger partial charge on any atom is -0.370 e. The molecule has 0 amide bonds. The number of nitrogens with zero attached hydrogens (tertiary/aromatic N) is 2. The second-order valence-corrected chi connectivity index (χ2v) is 4.96. The summed E-state index contributed by atoms with van der Waals surface area (Å²) in [5, 5.41) is 9.80. The fourth-order valence-electron chi connectivity index (χ4n) is 2.36. The second kappa shape index (κ2) is 5.93. The first-order valence-electron chi connectivity index (χ1n) is 6.26. The van der Waals surface area contributed by atoms with E-state index >= 15 is 0 Å². The molecule has 1 heterocycles. The highest BCUT2D eigenvalue weighted by molar-refractivity contribution is 6.30. The lowest BCUT2D eigenvalue weighted by molar-refractivity contribution is 0.556. The van der Waals surface area contributed by atoms with Crippen LogP contribution in [0.4, 0.5) is 5.69 Å². The van der Waals surface area contributed by atoms with Crippen molar-refractivity contribution in [2.75, 3.05) is 18.0 Å². The normalized spacial score (nSPS) is 17.1. The van der Waals surface area contributed by atoms with E-state index in [0.717, 1.165) is 18.8 Å². The van der Waals surface area contributed by atoms with Crippen molar-refractivity contribution >= 4 is 17.3 Å². The predicted molar refractivity (Wildman–Crippen MR) is 71.5 cm³/mol. The molecule has 0 atom stereocenters. The summed E-state index contributed by atoms with van der Waals surface area (Å²) in [6.45, 7) is 2.10. The van der Waals surface area contributed by atoms with Crippen LogP contribution < -0.4 is 4.90 Å². The Kier molecular flexibility index (Phi) is 4.28. The maximum atomic E-state index is 9.16. The molecule has 0 spiro atoms. The molecule has 1 aliphatic heterocycles. The van der Waals surface area contributed by atoms with E-state index < -0.39 is 0 Å². The molecule has 0 N–H and O–H groups in total. The van der Waals surface area contributed by atoms with Crippen molar-refractivity contribution in [3.63, 3.8) is 0 Å². The zero-order valence-electron chi connectivity index (χ0n) is 9.95. The molecular weight excluding hydrogens is 232 g/mol. The Hall–Kier alpha value is -1.20. The van der Waals surface area contributed by atoms with Gasteiger partial charge in [0.2, 0.25) is 0 Å². The number of hydrogen-bond donors (Lipinski definition) is 0. The predicted octanol–water partition coefficient (Wildman–Crippen LogP) is 3.98.